The third kappa shape index (κ3) is 1.85. The van der Waals surface area contributed by atoms with E-state index in [1.165, 1.54) is 6.07 Å². The van der Waals surface area contributed by atoms with E-state index in [9.17, 15) is 4.39 Å². The minimum atomic E-state index is -0.406. The van der Waals surface area contributed by atoms with Crippen LogP contribution in [0.1, 0.15) is 0 Å². The molecule has 0 aliphatic carbocycles. The van der Waals surface area contributed by atoms with Gasteiger partial charge in [0, 0.05) is 13.1 Å². The number of benzene rings is 1. The monoisotopic (exact) mass is 169 g/mol. The standard InChI is InChI=1S/C8H12FN3/c9-6-2-1-3-7(8(6)11)12-5-4-10/h1-3,12H,4-5,10-11H2. The minimum Gasteiger partial charge on any atom is -0.395 e. The average Bonchev–Trinajstić information content (AvgIpc) is 2.08. The van der Waals surface area contributed by atoms with Gasteiger partial charge in [-0.05, 0) is 12.1 Å². The van der Waals surface area contributed by atoms with Gasteiger partial charge in [-0.3, -0.25) is 0 Å². The van der Waals surface area contributed by atoms with Crippen molar-refractivity contribution in [3.8, 4) is 0 Å². The molecular weight excluding hydrogens is 157 g/mol. The van der Waals surface area contributed by atoms with Gasteiger partial charge in [-0.25, -0.2) is 4.39 Å². The Labute approximate surface area is 70.6 Å². The van der Waals surface area contributed by atoms with Crippen LogP contribution in [0.5, 0.6) is 0 Å². The predicted molar refractivity (Wildman–Crippen MR) is 48.4 cm³/mol. The molecule has 12 heavy (non-hydrogen) atoms. The fourth-order valence-electron chi connectivity index (χ4n) is 0.898. The predicted octanol–water partition coefficient (Wildman–Crippen LogP) is 0.778. The van der Waals surface area contributed by atoms with Gasteiger partial charge in [-0.2, -0.15) is 0 Å². The van der Waals surface area contributed by atoms with Gasteiger partial charge in [-0.1, -0.05) is 6.07 Å². The van der Waals surface area contributed by atoms with Crippen LogP contribution in [0.3, 0.4) is 0 Å². The summed E-state index contributed by atoms with van der Waals surface area (Å²) in [6.07, 6.45) is 0. The number of rotatable bonds is 3. The zero-order valence-corrected chi connectivity index (χ0v) is 6.68. The number of halogens is 1. The van der Waals surface area contributed by atoms with Crippen molar-refractivity contribution in [2.45, 2.75) is 0 Å². The maximum Gasteiger partial charge on any atom is 0.148 e. The summed E-state index contributed by atoms with van der Waals surface area (Å²) in [5.41, 5.74) is 11.5. The second-order valence-corrected chi connectivity index (χ2v) is 2.42. The highest BCUT2D eigenvalue weighted by Crippen LogP contribution is 2.20. The maximum absolute atomic E-state index is 12.8. The molecule has 0 bridgehead atoms. The van der Waals surface area contributed by atoms with Crippen molar-refractivity contribution >= 4 is 11.4 Å². The Hall–Kier alpha value is -1.29. The summed E-state index contributed by atoms with van der Waals surface area (Å²) in [5, 5.41) is 2.91. The van der Waals surface area contributed by atoms with Crippen LogP contribution in [0.4, 0.5) is 15.8 Å². The summed E-state index contributed by atoms with van der Waals surface area (Å²) >= 11 is 0. The van der Waals surface area contributed by atoms with Crippen LogP contribution in [-0.2, 0) is 0 Å². The number of nitrogens with one attached hydrogen (secondary N) is 1. The lowest BCUT2D eigenvalue weighted by Gasteiger charge is -2.07. The number of hydrogen-bond acceptors (Lipinski definition) is 3. The Morgan fingerprint density at radius 3 is 2.83 bits per heavy atom. The average molecular weight is 169 g/mol. The maximum atomic E-state index is 12.8. The van der Waals surface area contributed by atoms with Gasteiger partial charge in [-0.15, -0.1) is 0 Å². The van der Waals surface area contributed by atoms with Crippen molar-refractivity contribution in [2.75, 3.05) is 24.1 Å². The summed E-state index contributed by atoms with van der Waals surface area (Å²) in [5.74, 6) is -0.406. The summed E-state index contributed by atoms with van der Waals surface area (Å²) in [7, 11) is 0. The number of anilines is 2. The first-order chi connectivity index (χ1) is 5.75. The SMILES string of the molecule is NCCNc1cccc(F)c1N. The lowest BCUT2D eigenvalue weighted by molar-refractivity contribution is 0.633. The van der Waals surface area contributed by atoms with Crippen molar-refractivity contribution in [3.05, 3.63) is 24.0 Å². The van der Waals surface area contributed by atoms with E-state index in [1.807, 2.05) is 0 Å². The molecule has 0 aliphatic heterocycles. The number of nitrogens with two attached hydrogens (primary N) is 2. The molecule has 0 fully saturated rings. The molecule has 0 aliphatic rings. The lowest BCUT2D eigenvalue weighted by Crippen LogP contribution is -2.14. The van der Waals surface area contributed by atoms with E-state index in [0.717, 1.165) is 0 Å². The van der Waals surface area contributed by atoms with Crippen LogP contribution >= 0.6 is 0 Å². The molecular formula is C8H12FN3. The number of hydrogen-bond donors (Lipinski definition) is 3. The number of nitrogen functional groups attached to an aromatic ring is 1. The van der Waals surface area contributed by atoms with E-state index < -0.39 is 5.82 Å². The van der Waals surface area contributed by atoms with Crippen LogP contribution in [0.2, 0.25) is 0 Å². The van der Waals surface area contributed by atoms with Crippen molar-refractivity contribution < 1.29 is 4.39 Å². The Bertz CT molecular complexity index is 262. The molecule has 1 aromatic carbocycles. The lowest BCUT2D eigenvalue weighted by atomic mass is 10.2. The molecule has 1 rings (SSSR count). The van der Waals surface area contributed by atoms with Crippen LogP contribution in [0, 0.1) is 5.82 Å². The second kappa shape index (κ2) is 3.92. The molecule has 1 aromatic rings. The van der Waals surface area contributed by atoms with Gasteiger partial charge < -0.3 is 16.8 Å². The normalized spacial score (nSPS) is 9.83. The summed E-state index contributed by atoms with van der Waals surface area (Å²) in [6, 6.07) is 4.64. The van der Waals surface area contributed by atoms with Gasteiger partial charge in [0.2, 0.25) is 0 Å². The fourth-order valence-corrected chi connectivity index (χ4v) is 0.898. The van der Waals surface area contributed by atoms with Gasteiger partial charge in [0.15, 0.2) is 0 Å². The molecule has 0 spiro atoms. The van der Waals surface area contributed by atoms with Crippen molar-refractivity contribution in [1.29, 1.82) is 0 Å². The van der Waals surface area contributed by atoms with E-state index in [1.54, 1.807) is 12.1 Å². The highest BCUT2D eigenvalue weighted by atomic mass is 19.1. The van der Waals surface area contributed by atoms with Gasteiger partial charge in [0.1, 0.15) is 5.82 Å². The third-order valence-electron chi connectivity index (χ3n) is 1.51. The minimum absolute atomic E-state index is 0.144. The summed E-state index contributed by atoms with van der Waals surface area (Å²) in [6.45, 7) is 1.09. The molecule has 4 heteroatoms. The molecule has 0 saturated heterocycles. The van der Waals surface area contributed by atoms with Crippen LogP contribution < -0.4 is 16.8 Å². The Morgan fingerprint density at radius 1 is 1.42 bits per heavy atom. The van der Waals surface area contributed by atoms with Crippen LogP contribution in [0.15, 0.2) is 18.2 Å². The number of para-hydroxylation sites is 1. The second-order valence-electron chi connectivity index (χ2n) is 2.42. The molecule has 5 N–H and O–H groups in total. The molecule has 3 nitrogen and oxygen atoms in total. The van der Waals surface area contributed by atoms with Crippen molar-refractivity contribution in [1.82, 2.24) is 0 Å². The van der Waals surface area contributed by atoms with E-state index in [-0.39, 0.29) is 5.69 Å². The summed E-state index contributed by atoms with van der Waals surface area (Å²) < 4.78 is 12.8. The Balaban J connectivity index is 2.78. The van der Waals surface area contributed by atoms with E-state index in [2.05, 4.69) is 5.32 Å². The summed E-state index contributed by atoms with van der Waals surface area (Å²) in [4.78, 5) is 0. The topological polar surface area (TPSA) is 64.1 Å². The fraction of sp³-hybridized carbons (Fsp3) is 0.250. The third-order valence-corrected chi connectivity index (χ3v) is 1.51. The smallest absolute Gasteiger partial charge is 0.148 e. The quantitative estimate of drug-likeness (QED) is 0.586. The van der Waals surface area contributed by atoms with Crippen molar-refractivity contribution in [2.24, 2.45) is 5.73 Å². The van der Waals surface area contributed by atoms with Gasteiger partial charge in [0.25, 0.3) is 0 Å². The zero-order chi connectivity index (χ0) is 8.97. The van der Waals surface area contributed by atoms with Crippen LogP contribution in [0.25, 0.3) is 0 Å². The molecule has 0 saturated carbocycles. The molecule has 0 unspecified atom stereocenters. The van der Waals surface area contributed by atoms with E-state index in [0.29, 0.717) is 18.8 Å². The molecule has 0 aromatic heterocycles. The zero-order valence-electron chi connectivity index (χ0n) is 6.68. The van der Waals surface area contributed by atoms with E-state index in [4.69, 9.17) is 11.5 Å². The Kier molecular flexibility index (Phi) is 2.88. The first-order valence-corrected chi connectivity index (χ1v) is 3.73. The first-order valence-electron chi connectivity index (χ1n) is 3.73. The molecule has 0 radical (unpaired) electrons. The molecule has 66 valence electrons. The van der Waals surface area contributed by atoms with E-state index >= 15 is 0 Å². The molecule has 0 heterocycles. The first kappa shape index (κ1) is 8.80. The highest BCUT2D eigenvalue weighted by Gasteiger charge is 2.01. The molecule has 0 amide bonds. The largest absolute Gasteiger partial charge is 0.395 e. The Morgan fingerprint density at radius 2 is 2.17 bits per heavy atom. The molecule has 0 atom stereocenters. The highest BCUT2D eigenvalue weighted by molar-refractivity contribution is 5.66. The van der Waals surface area contributed by atoms with Crippen molar-refractivity contribution in [3.63, 3.8) is 0 Å². The van der Waals surface area contributed by atoms with Gasteiger partial charge >= 0.3 is 0 Å². The van der Waals surface area contributed by atoms with Crippen LogP contribution in [-0.4, -0.2) is 13.1 Å². The van der Waals surface area contributed by atoms with Gasteiger partial charge in [0.05, 0.1) is 11.4 Å².